The van der Waals surface area contributed by atoms with Crippen LogP contribution < -0.4 is 0 Å². The van der Waals surface area contributed by atoms with E-state index in [9.17, 15) is 4.79 Å². The van der Waals surface area contributed by atoms with E-state index >= 15 is 0 Å². The van der Waals surface area contributed by atoms with Crippen LogP contribution in [0.1, 0.15) is 4.88 Å². The maximum Gasteiger partial charge on any atom is 0.308 e. The van der Waals surface area contributed by atoms with Crippen molar-refractivity contribution in [2.75, 3.05) is 0 Å². The Kier molecular flexibility index (Phi) is 4.02. The highest BCUT2D eigenvalue weighted by Crippen LogP contribution is 2.36. The summed E-state index contributed by atoms with van der Waals surface area (Å²) < 4.78 is 1.06. The summed E-state index contributed by atoms with van der Waals surface area (Å²) in [6.45, 7) is 0. The zero-order valence-corrected chi connectivity index (χ0v) is 14.0. The average Bonchev–Trinajstić information content (AvgIpc) is 3.06. The molecule has 0 bridgehead atoms. The van der Waals surface area contributed by atoms with Crippen molar-refractivity contribution < 1.29 is 9.90 Å². The van der Waals surface area contributed by atoms with E-state index in [0.29, 0.717) is 0 Å². The summed E-state index contributed by atoms with van der Waals surface area (Å²) in [6, 6.07) is 5.85. The Morgan fingerprint density at radius 1 is 1.25 bits per heavy atom. The number of thiazole rings is 1. The van der Waals surface area contributed by atoms with Crippen molar-refractivity contribution in [3.05, 3.63) is 38.3 Å². The van der Waals surface area contributed by atoms with E-state index in [1.54, 1.807) is 22.7 Å². The lowest BCUT2D eigenvalue weighted by molar-refractivity contribution is -0.136. The molecular weight excluding hydrogens is 378 g/mol. The number of carboxylic acid groups (broad SMARTS) is 1. The monoisotopic (exact) mass is 385 g/mol. The van der Waals surface area contributed by atoms with Gasteiger partial charge in [-0.05, 0) is 34.1 Å². The molecule has 20 heavy (non-hydrogen) atoms. The highest BCUT2D eigenvalue weighted by molar-refractivity contribution is 9.10. The summed E-state index contributed by atoms with van der Waals surface area (Å²) in [7, 11) is 0. The first-order valence-electron chi connectivity index (χ1n) is 5.62. The first-order valence-corrected chi connectivity index (χ1v) is 8.99. The fourth-order valence-corrected chi connectivity index (χ4v) is 5.05. The molecule has 1 N–H and O–H groups in total. The third kappa shape index (κ3) is 3.01. The largest absolute Gasteiger partial charge is 0.481 e. The van der Waals surface area contributed by atoms with Gasteiger partial charge in [-0.15, -0.1) is 34.0 Å². The topological polar surface area (TPSA) is 50.2 Å². The molecule has 0 saturated carbocycles. The van der Waals surface area contributed by atoms with Crippen LogP contribution in [0.2, 0.25) is 0 Å². The molecule has 0 spiro atoms. The van der Waals surface area contributed by atoms with Gasteiger partial charge in [0.2, 0.25) is 0 Å². The van der Waals surface area contributed by atoms with Crippen molar-refractivity contribution in [3.8, 4) is 20.5 Å². The second kappa shape index (κ2) is 5.77. The Hall–Kier alpha value is -1.02. The SMILES string of the molecule is O=C(O)Cc1ccc(-c2csc(-c3cc(Br)cs3)n2)s1. The Bertz CT molecular complexity index is 759. The Morgan fingerprint density at radius 3 is 2.80 bits per heavy atom. The molecule has 0 amide bonds. The second-order valence-corrected chi connectivity index (χ2v) is 7.86. The van der Waals surface area contributed by atoms with E-state index in [4.69, 9.17) is 5.11 Å². The Balaban J connectivity index is 1.86. The maximum absolute atomic E-state index is 10.7. The van der Waals surface area contributed by atoms with E-state index in [0.717, 1.165) is 29.8 Å². The smallest absolute Gasteiger partial charge is 0.308 e. The number of aliphatic carboxylic acids is 1. The van der Waals surface area contributed by atoms with Crippen LogP contribution in [0.3, 0.4) is 0 Å². The van der Waals surface area contributed by atoms with Gasteiger partial charge in [0.15, 0.2) is 0 Å². The molecule has 0 fully saturated rings. The lowest BCUT2D eigenvalue weighted by Gasteiger charge is -1.90. The number of hydrogen-bond donors (Lipinski definition) is 1. The highest BCUT2D eigenvalue weighted by Gasteiger charge is 2.11. The van der Waals surface area contributed by atoms with Gasteiger partial charge in [-0.3, -0.25) is 4.79 Å². The number of nitrogens with zero attached hydrogens (tertiary/aromatic N) is 1. The average molecular weight is 386 g/mol. The van der Waals surface area contributed by atoms with Crippen LogP contribution in [-0.4, -0.2) is 16.1 Å². The van der Waals surface area contributed by atoms with Crippen LogP contribution in [0.25, 0.3) is 20.5 Å². The van der Waals surface area contributed by atoms with E-state index in [2.05, 4.69) is 27.0 Å². The van der Waals surface area contributed by atoms with Crippen LogP contribution in [0.5, 0.6) is 0 Å². The van der Waals surface area contributed by atoms with Crippen molar-refractivity contribution >= 4 is 55.9 Å². The van der Waals surface area contributed by atoms with E-state index in [1.807, 2.05) is 22.9 Å². The molecular formula is C13H8BrNO2S3. The highest BCUT2D eigenvalue weighted by atomic mass is 79.9. The molecule has 3 heterocycles. The first-order chi connectivity index (χ1) is 9.61. The number of halogens is 1. The number of carboxylic acids is 1. The Labute approximate surface area is 135 Å². The summed E-state index contributed by atoms with van der Waals surface area (Å²) in [5, 5.41) is 13.8. The molecule has 0 atom stereocenters. The molecule has 3 aromatic heterocycles. The van der Waals surface area contributed by atoms with Gasteiger partial charge in [0.25, 0.3) is 0 Å². The molecule has 3 rings (SSSR count). The van der Waals surface area contributed by atoms with Gasteiger partial charge in [0, 0.05) is 20.1 Å². The van der Waals surface area contributed by atoms with Crippen LogP contribution in [-0.2, 0) is 11.2 Å². The third-order valence-corrected chi connectivity index (χ3v) is 6.33. The van der Waals surface area contributed by atoms with E-state index in [1.165, 1.54) is 11.3 Å². The van der Waals surface area contributed by atoms with Gasteiger partial charge in [0.05, 0.1) is 21.9 Å². The van der Waals surface area contributed by atoms with Gasteiger partial charge < -0.3 is 5.11 Å². The van der Waals surface area contributed by atoms with Crippen LogP contribution in [0.4, 0.5) is 0 Å². The predicted octanol–water partition coefficient (Wildman–Crippen LogP) is 4.99. The van der Waals surface area contributed by atoms with Crippen LogP contribution >= 0.6 is 49.9 Å². The van der Waals surface area contributed by atoms with E-state index < -0.39 is 5.97 Å². The minimum Gasteiger partial charge on any atom is -0.481 e. The number of hydrogen-bond acceptors (Lipinski definition) is 5. The minimum absolute atomic E-state index is 0.0690. The standard InChI is InChI=1S/C13H8BrNO2S3/c14-7-3-11(18-5-7)13-15-9(6-19-13)10-2-1-8(20-10)4-12(16)17/h1-3,5-6H,4H2,(H,16,17). The van der Waals surface area contributed by atoms with E-state index in [-0.39, 0.29) is 6.42 Å². The lowest BCUT2D eigenvalue weighted by atomic mass is 10.3. The molecule has 0 aliphatic heterocycles. The van der Waals surface area contributed by atoms with Crippen LogP contribution in [0.15, 0.2) is 33.4 Å². The number of aromatic nitrogens is 1. The Morgan fingerprint density at radius 2 is 2.10 bits per heavy atom. The fraction of sp³-hybridized carbons (Fsp3) is 0.0769. The van der Waals surface area contributed by atoms with Crippen molar-refractivity contribution in [2.45, 2.75) is 6.42 Å². The molecule has 3 aromatic rings. The molecule has 0 aliphatic carbocycles. The fourth-order valence-electron chi connectivity index (χ4n) is 1.68. The van der Waals surface area contributed by atoms with Crippen LogP contribution in [0, 0.1) is 0 Å². The zero-order chi connectivity index (χ0) is 14.1. The summed E-state index contributed by atoms with van der Waals surface area (Å²) in [5.74, 6) is -0.805. The summed E-state index contributed by atoms with van der Waals surface area (Å²) in [6.07, 6.45) is 0.0690. The number of rotatable bonds is 4. The summed E-state index contributed by atoms with van der Waals surface area (Å²) in [4.78, 5) is 18.3. The summed E-state index contributed by atoms with van der Waals surface area (Å²) >= 11 is 8.18. The lowest BCUT2D eigenvalue weighted by Crippen LogP contribution is -1.96. The second-order valence-electron chi connectivity index (χ2n) is 4.00. The molecule has 0 saturated heterocycles. The van der Waals surface area contributed by atoms with Crippen molar-refractivity contribution in [1.82, 2.24) is 4.98 Å². The molecule has 102 valence electrons. The molecule has 0 radical (unpaired) electrons. The van der Waals surface area contributed by atoms with Gasteiger partial charge in [0.1, 0.15) is 5.01 Å². The third-order valence-electron chi connectivity index (χ3n) is 2.52. The molecule has 0 aromatic carbocycles. The molecule has 3 nitrogen and oxygen atoms in total. The quantitative estimate of drug-likeness (QED) is 0.687. The summed E-state index contributed by atoms with van der Waals surface area (Å²) in [5.41, 5.74) is 0.913. The van der Waals surface area contributed by atoms with Gasteiger partial charge >= 0.3 is 5.97 Å². The van der Waals surface area contributed by atoms with Crippen molar-refractivity contribution in [3.63, 3.8) is 0 Å². The predicted molar refractivity (Wildman–Crippen MR) is 87.8 cm³/mol. The van der Waals surface area contributed by atoms with Crippen molar-refractivity contribution in [1.29, 1.82) is 0 Å². The normalized spacial score (nSPS) is 10.8. The zero-order valence-electron chi connectivity index (χ0n) is 10.00. The number of thiophene rings is 2. The van der Waals surface area contributed by atoms with Crippen molar-refractivity contribution in [2.24, 2.45) is 0 Å². The van der Waals surface area contributed by atoms with Gasteiger partial charge in [-0.1, -0.05) is 0 Å². The molecule has 0 unspecified atom stereocenters. The molecule has 7 heteroatoms. The number of carbonyl (C=O) groups is 1. The van der Waals surface area contributed by atoms with Gasteiger partial charge in [-0.25, -0.2) is 4.98 Å². The van der Waals surface area contributed by atoms with Gasteiger partial charge in [-0.2, -0.15) is 0 Å². The first kappa shape index (κ1) is 13.9. The maximum atomic E-state index is 10.7. The molecule has 0 aliphatic rings. The minimum atomic E-state index is -0.805.